The van der Waals surface area contributed by atoms with Crippen molar-refractivity contribution >= 4 is 40.4 Å². The van der Waals surface area contributed by atoms with Gasteiger partial charge in [-0.1, -0.05) is 59.6 Å². The molecule has 0 radical (unpaired) electrons. The summed E-state index contributed by atoms with van der Waals surface area (Å²) in [6.45, 7) is 0.646. The van der Waals surface area contributed by atoms with E-state index in [2.05, 4.69) is 22.3 Å². The van der Waals surface area contributed by atoms with Gasteiger partial charge in [-0.15, -0.1) is 0 Å². The Balaban J connectivity index is 1.71. The van der Waals surface area contributed by atoms with Gasteiger partial charge in [0.2, 0.25) is 0 Å². The molecule has 0 spiro atoms. The van der Waals surface area contributed by atoms with Crippen LogP contribution < -0.4 is 10.2 Å². The van der Waals surface area contributed by atoms with E-state index in [0.717, 1.165) is 46.6 Å². The third kappa shape index (κ3) is 3.96. The Labute approximate surface area is 192 Å². The van der Waals surface area contributed by atoms with E-state index < -0.39 is 0 Å². The maximum absolute atomic E-state index is 13.3. The van der Waals surface area contributed by atoms with Gasteiger partial charge in [0.15, 0.2) is 5.78 Å². The number of carbonyl (C=O) groups excluding carboxylic acids is 1. The molecular weight excluding hydrogens is 427 g/mol. The summed E-state index contributed by atoms with van der Waals surface area (Å²) in [7, 11) is 0. The van der Waals surface area contributed by atoms with Crippen LogP contribution in [-0.4, -0.2) is 5.78 Å². The van der Waals surface area contributed by atoms with Gasteiger partial charge in [0.25, 0.3) is 0 Å². The van der Waals surface area contributed by atoms with Crippen LogP contribution in [0.1, 0.15) is 36.4 Å². The van der Waals surface area contributed by atoms with Crippen molar-refractivity contribution in [2.24, 2.45) is 0 Å². The number of carbonyl (C=O) groups is 1. The smallest absolute Gasteiger partial charge is 0.163 e. The van der Waals surface area contributed by atoms with Crippen LogP contribution in [0.4, 0.5) is 11.4 Å². The number of nitrogens with zero attached hydrogens (tertiary/aromatic N) is 1. The lowest BCUT2D eigenvalue weighted by molar-refractivity contribution is -0.116. The van der Waals surface area contributed by atoms with Crippen molar-refractivity contribution in [2.45, 2.75) is 31.8 Å². The molecule has 3 aromatic rings. The zero-order valence-corrected chi connectivity index (χ0v) is 18.5. The molecule has 0 saturated carbocycles. The van der Waals surface area contributed by atoms with Gasteiger partial charge >= 0.3 is 0 Å². The Morgan fingerprint density at radius 3 is 2.29 bits per heavy atom. The zero-order chi connectivity index (χ0) is 21.4. The highest BCUT2D eigenvalue weighted by atomic mass is 35.5. The van der Waals surface area contributed by atoms with Crippen LogP contribution in [-0.2, 0) is 11.3 Å². The predicted molar refractivity (Wildman–Crippen MR) is 128 cm³/mol. The summed E-state index contributed by atoms with van der Waals surface area (Å²) in [5.74, 6) is 0.211. The third-order valence-electron chi connectivity index (χ3n) is 5.99. The van der Waals surface area contributed by atoms with Crippen molar-refractivity contribution in [3.8, 4) is 0 Å². The summed E-state index contributed by atoms with van der Waals surface area (Å²) in [4.78, 5) is 15.6. The van der Waals surface area contributed by atoms with Gasteiger partial charge in [0.05, 0.1) is 17.4 Å². The van der Waals surface area contributed by atoms with E-state index in [4.69, 9.17) is 23.2 Å². The minimum absolute atomic E-state index is 0.202. The van der Waals surface area contributed by atoms with E-state index in [-0.39, 0.29) is 11.8 Å². The first-order chi connectivity index (χ1) is 15.1. The highest BCUT2D eigenvalue weighted by Gasteiger charge is 2.36. The largest absolute Gasteiger partial charge is 0.357 e. The molecule has 0 fully saturated rings. The molecule has 1 aliphatic heterocycles. The van der Waals surface area contributed by atoms with Crippen LogP contribution in [0.5, 0.6) is 0 Å². The van der Waals surface area contributed by atoms with E-state index in [9.17, 15) is 4.79 Å². The number of Topliss-reactive ketones (excluding diaryl/α,β-unsaturated/α-hetero) is 1. The van der Waals surface area contributed by atoms with E-state index >= 15 is 0 Å². The molecule has 0 saturated heterocycles. The van der Waals surface area contributed by atoms with E-state index in [0.29, 0.717) is 23.0 Å². The van der Waals surface area contributed by atoms with Gasteiger partial charge in [-0.3, -0.25) is 4.79 Å². The molecule has 156 valence electrons. The van der Waals surface area contributed by atoms with Crippen LogP contribution in [0, 0.1) is 0 Å². The molecular formula is C26H22Cl2N2O. The molecule has 5 rings (SSSR count). The van der Waals surface area contributed by atoms with Crippen molar-refractivity contribution in [1.82, 2.24) is 0 Å². The number of benzene rings is 3. The van der Waals surface area contributed by atoms with Crippen molar-refractivity contribution in [3.63, 3.8) is 0 Å². The lowest BCUT2D eigenvalue weighted by Crippen LogP contribution is -2.33. The zero-order valence-electron chi connectivity index (χ0n) is 16.9. The quantitative estimate of drug-likeness (QED) is 0.460. The van der Waals surface area contributed by atoms with Gasteiger partial charge < -0.3 is 10.2 Å². The number of rotatable bonds is 3. The minimum atomic E-state index is -0.202. The molecule has 1 heterocycles. The number of allylic oxidation sites excluding steroid dienone is 1. The van der Waals surface area contributed by atoms with Crippen molar-refractivity contribution < 1.29 is 4.79 Å². The second kappa shape index (κ2) is 8.41. The molecule has 3 nitrogen and oxygen atoms in total. The highest BCUT2D eigenvalue weighted by Crippen LogP contribution is 2.45. The third-order valence-corrected chi connectivity index (χ3v) is 6.50. The molecule has 2 aliphatic rings. The summed E-state index contributed by atoms with van der Waals surface area (Å²) in [6.07, 6.45) is 2.32. The number of hydrogen-bond donors (Lipinski definition) is 1. The van der Waals surface area contributed by atoms with Crippen LogP contribution in [0.25, 0.3) is 0 Å². The first-order valence-corrected chi connectivity index (χ1v) is 11.2. The molecule has 0 amide bonds. The molecule has 3 aromatic carbocycles. The Morgan fingerprint density at radius 2 is 1.55 bits per heavy atom. The Kier molecular flexibility index (Phi) is 5.47. The molecule has 1 aliphatic carbocycles. The lowest BCUT2D eigenvalue weighted by atomic mass is 9.85. The van der Waals surface area contributed by atoms with Gasteiger partial charge in [-0.25, -0.2) is 0 Å². The SMILES string of the molecule is O=C1CCCC2=C1[C@H](c1ccc(Cl)cc1)N(Cc1ccc(Cl)cc1)c1ccccc1N2. The van der Waals surface area contributed by atoms with Crippen molar-refractivity contribution in [1.29, 1.82) is 0 Å². The standard InChI is InChI=1S/C26H22Cl2N2O/c27-19-12-8-17(9-13-19)16-30-23-6-2-1-4-21(23)29-22-5-3-7-24(31)25(22)26(30)18-10-14-20(28)15-11-18/h1-2,4,6,8-15,26,29H,3,5,7,16H2/t26-/m0/s1. The number of para-hydroxylation sites is 2. The summed E-state index contributed by atoms with van der Waals surface area (Å²) < 4.78 is 0. The first kappa shape index (κ1) is 20.2. The maximum Gasteiger partial charge on any atom is 0.163 e. The summed E-state index contributed by atoms with van der Waals surface area (Å²) in [5, 5.41) is 4.99. The van der Waals surface area contributed by atoms with Crippen LogP contribution >= 0.6 is 23.2 Å². The topological polar surface area (TPSA) is 32.3 Å². The van der Waals surface area contributed by atoms with Crippen molar-refractivity contribution in [2.75, 3.05) is 10.2 Å². The van der Waals surface area contributed by atoms with Crippen LogP contribution in [0.3, 0.4) is 0 Å². The molecule has 1 atom stereocenters. The number of halogens is 2. The number of fused-ring (bicyclic) bond motifs is 1. The van der Waals surface area contributed by atoms with Crippen molar-refractivity contribution in [3.05, 3.63) is 105 Å². The molecule has 31 heavy (non-hydrogen) atoms. The average Bonchev–Trinajstić information content (AvgIpc) is 2.91. The van der Waals surface area contributed by atoms with Crippen LogP contribution in [0.15, 0.2) is 84.1 Å². The fourth-order valence-corrected chi connectivity index (χ4v) is 4.80. The van der Waals surface area contributed by atoms with E-state index in [1.54, 1.807) is 0 Å². The average molecular weight is 449 g/mol. The number of anilines is 2. The predicted octanol–water partition coefficient (Wildman–Crippen LogP) is 7.17. The molecule has 0 aromatic heterocycles. The van der Waals surface area contributed by atoms with Crippen LogP contribution in [0.2, 0.25) is 10.0 Å². The van der Waals surface area contributed by atoms with Gasteiger partial charge in [-0.2, -0.15) is 0 Å². The fraction of sp³-hybridized carbons (Fsp3) is 0.192. The Bertz CT molecular complexity index is 1150. The summed E-state index contributed by atoms with van der Waals surface area (Å²) in [5.41, 5.74) is 6.17. The number of nitrogens with one attached hydrogen (secondary N) is 1. The fourth-order valence-electron chi connectivity index (χ4n) is 4.55. The molecule has 0 bridgehead atoms. The maximum atomic E-state index is 13.3. The highest BCUT2D eigenvalue weighted by molar-refractivity contribution is 6.30. The normalized spacial score (nSPS) is 18.2. The van der Waals surface area contributed by atoms with Gasteiger partial charge in [0, 0.05) is 34.3 Å². The molecule has 0 unspecified atom stereocenters. The first-order valence-electron chi connectivity index (χ1n) is 10.5. The summed E-state index contributed by atoms with van der Waals surface area (Å²) >= 11 is 12.3. The second-order valence-corrected chi connectivity index (χ2v) is 8.89. The number of hydrogen-bond acceptors (Lipinski definition) is 3. The van der Waals surface area contributed by atoms with Gasteiger partial charge in [0.1, 0.15) is 0 Å². The number of ketones is 1. The molecule has 5 heteroatoms. The second-order valence-electron chi connectivity index (χ2n) is 8.02. The Hall–Kier alpha value is -2.75. The summed E-state index contributed by atoms with van der Waals surface area (Å²) in [6, 6.07) is 23.8. The lowest BCUT2D eigenvalue weighted by Gasteiger charge is -2.35. The van der Waals surface area contributed by atoms with E-state index in [1.807, 2.05) is 60.7 Å². The van der Waals surface area contributed by atoms with Gasteiger partial charge in [-0.05, 0) is 60.4 Å². The monoisotopic (exact) mass is 448 g/mol. The van der Waals surface area contributed by atoms with E-state index in [1.165, 1.54) is 0 Å². The minimum Gasteiger partial charge on any atom is -0.357 e. The molecule has 1 N–H and O–H groups in total. The Morgan fingerprint density at radius 1 is 0.871 bits per heavy atom.